The number of benzene rings is 2. The average Bonchev–Trinajstić information content (AvgIpc) is 2.90. The quantitative estimate of drug-likeness (QED) is 0.118. The van der Waals surface area contributed by atoms with Crippen molar-refractivity contribution in [3.63, 3.8) is 0 Å². The van der Waals surface area contributed by atoms with Gasteiger partial charge in [-0.05, 0) is 54.2 Å². The van der Waals surface area contributed by atoms with Crippen LogP contribution in [0.15, 0.2) is 48.5 Å². The Bertz CT molecular complexity index is 870. The minimum Gasteiger partial charge on any atom is -0.462 e. The van der Waals surface area contributed by atoms with Crippen molar-refractivity contribution in [1.82, 2.24) is 0 Å². The zero-order valence-corrected chi connectivity index (χ0v) is 22.7. The van der Waals surface area contributed by atoms with Gasteiger partial charge in [0.25, 0.3) is 0 Å². The number of hydrogen-bond donors (Lipinski definition) is 0. The topological polar surface area (TPSA) is 52.6 Å². The lowest BCUT2D eigenvalue weighted by molar-refractivity contribution is -0.134. The van der Waals surface area contributed by atoms with Gasteiger partial charge in [-0.2, -0.15) is 0 Å². The van der Waals surface area contributed by atoms with Gasteiger partial charge in [0.2, 0.25) is 0 Å². The number of esters is 2. The van der Waals surface area contributed by atoms with Crippen LogP contribution in [0.2, 0.25) is 0 Å². The summed E-state index contributed by atoms with van der Waals surface area (Å²) in [5.41, 5.74) is 2.55. The van der Waals surface area contributed by atoms with Crippen LogP contribution < -0.4 is 4.74 Å². The van der Waals surface area contributed by atoms with E-state index in [0.717, 1.165) is 36.8 Å². The molecule has 0 aromatic heterocycles. The van der Waals surface area contributed by atoms with Gasteiger partial charge in [0, 0.05) is 6.42 Å². The molecule has 0 radical (unpaired) electrons. The molecule has 0 aliphatic carbocycles. The predicted octanol–water partition coefficient (Wildman–Crippen LogP) is 9.16. The Morgan fingerprint density at radius 3 is 1.81 bits per heavy atom. The van der Waals surface area contributed by atoms with Crippen molar-refractivity contribution in [3.05, 3.63) is 54.1 Å². The van der Waals surface area contributed by atoms with Gasteiger partial charge in [-0.15, -0.1) is 0 Å². The molecule has 2 rings (SSSR count). The molecule has 0 aliphatic heterocycles. The van der Waals surface area contributed by atoms with Gasteiger partial charge in [0.1, 0.15) is 5.75 Å². The summed E-state index contributed by atoms with van der Waals surface area (Å²) in [6.45, 7) is 7.00. The lowest BCUT2D eigenvalue weighted by Gasteiger charge is -2.09. The maximum Gasteiger partial charge on any atom is 0.338 e. The van der Waals surface area contributed by atoms with Gasteiger partial charge < -0.3 is 9.47 Å². The van der Waals surface area contributed by atoms with Crippen LogP contribution in [0.3, 0.4) is 0 Å². The van der Waals surface area contributed by atoms with E-state index in [2.05, 4.69) is 20.8 Å². The zero-order chi connectivity index (χ0) is 26.0. The Morgan fingerprint density at radius 1 is 0.722 bits per heavy atom. The van der Waals surface area contributed by atoms with Crippen molar-refractivity contribution in [2.24, 2.45) is 5.92 Å². The van der Waals surface area contributed by atoms with Gasteiger partial charge in [0.05, 0.1) is 12.2 Å². The van der Waals surface area contributed by atoms with Crippen LogP contribution in [0.1, 0.15) is 115 Å². The van der Waals surface area contributed by atoms with Crippen molar-refractivity contribution in [1.29, 1.82) is 0 Å². The monoisotopic (exact) mass is 494 g/mol. The first-order chi connectivity index (χ1) is 17.5. The summed E-state index contributed by atoms with van der Waals surface area (Å²) in [4.78, 5) is 24.4. The summed E-state index contributed by atoms with van der Waals surface area (Å²) in [7, 11) is 0. The molecule has 0 amide bonds. The van der Waals surface area contributed by atoms with E-state index in [1.807, 2.05) is 36.4 Å². The van der Waals surface area contributed by atoms with Crippen molar-refractivity contribution in [2.45, 2.75) is 104 Å². The standard InChI is InChI=1S/C32H46O4/c1-4-6-7-8-9-10-11-12-13-14-15-31(33)36-30-22-20-28(21-23-30)27-16-18-29(19-17-27)32(34)35-25-24-26(3)5-2/h16-23,26H,4-15,24-25H2,1-3H3. The molecule has 0 fully saturated rings. The molecule has 198 valence electrons. The summed E-state index contributed by atoms with van der Waals surface area (Å²) in [6.07, 6.45) is 14.9. The molecule has 1 atom stereocenters. The van der Waals surface area contributed by atoms with Gasteiger partial charge in [-0.1, -0.05) is 109 Å². The van der Waals surface area contributed by atoms with Crippen molar-refractivity contribution in [3.8, 4) is 16.9 Å². The van der Waals surface area contributed by atoms with E-state index in [-0.39, 0.29) is 11.9 Å². The molecule has 2 aromatic carbocycles. The maximum absolute atomic E-state index is 12.2. The molecule has 0 spiro atoms. The highest BCUT2D eigenvalue weighted by Crippen LogP contribution is 2.23. The Kier molecular flexibility index (Phi) is 14.6. The van der Waals surface area contributed by atoms with Crippen LogP contribution in [0, 0.1) is 5.92 Å². The van der Waals surface area contributed by atoms with E-state index < -0.39 is 0 Å². The second-order valence-corrected chi connectivity index (χ2v) is 9.95. The highest BCUT2D eigenvalue weighted by atomic mass is 16.5. The van der Waals surface area contributed by atoms with E-state index in [1.54, 1.807) is 12.1 Å². The molecule has 0 heterocycles. The Labute approximate surface area is 218 Å². The second-order valence-electron chi connectivity index (χ2n) is 9.95. The Morgan fingerprint density at radius 2 is 1.25 bits per heavy atom. The van der Waals surface area contributed by atoms with Gasteiger partial charge in [-0.3, -0.25) is 4.79 Å². The van der Waals surface area contributed by atoms with Crippen LogP contribution in [0.4, 0.5) is 0 Å². The van der Waals surface area contributed by atoms with Crippen molar-refractivity contribution >= 4 is 11.9 Å². The van der Waals surface area contributed by atoms with Crippen LogP contribution in [0.25, 0.3) is 11.1 Å². The third-order valence-corrected chi connectivity index (χ3v) is 6.82. The molecule has 4 heteroatoms. The average molecular weight is 495 g/mol. The molecular formula is C32H46O4. The minimum absolute atomic E-state index is 0.168. The van der Waals surface area contributed by atoms with Crippen LogP contribution in [0.5, 0.6) is 5.75 Å². The smallest absolute Gasteiger partial charge is 0.338 e. The van der Waals surface area contributed by atoms with Gasteiger partial charge in [0.15, 0.2) is 0 Å². The van der Waals surface area contributed by atoms with E-state index in [1.165, 1.54) is 51.4 Å². The van der Waals surface area contributed by atoms with Crippen molar-refractivity contribution in [2.75, 3.05) is 6.61 Å². The van der Waals surface area contributed by atoms with Gasteiger partial charge >= 0.3 is 11.9 Å². The first-order valence-corrected chi connectivity index (χ1v) is 14.1. The number of unbranched alkanes of at least 4 members (excludes halogenated alkanes) is 9. The van der Waals surface area contributed by atoms with E-state index >= 15 is 0 Å². The van der Waals surface area contributed by atoms with Gasteiger partial charge in [-0.25, -0.2) is 4.79 Å². The molecule has 0 bridgehead atoms. The summed E-state index contributed by atoms with van der Waals surface area (Å²) in [6, 6.07) is 14.9. The van der Waals surface area contributed by atoms with Crippen LogP contribution in [-0.4, -0.2) is 18.5 Å². The Balaban J connectivity index is 1.67. The maximum atomic E-state index is 12.2. The van der Waals surface area contributed by atoms with E-state index in [0.29, 0.717) is 30.3 Å². The first-order valence-electron chi connectivity index (χ1n) is 14.1. The normalized spacial score (nSPS) is 11.8. The molecular weight excluding hydrogens is 448 g/mol. The second kappa shape index (κ2) is 17.8. The molecule has 0 saturated heterocycles. The largest absolute Gasteiger partial charge is 0.462 e. The zero-order valence-electron chi connectivity index (χ0n) is 22.7. The molecule has 2 aromatic rings. The van der Waals surface area contributed by atoms with Crippen LogP contribution >= 0.6 is 0 Å². The number of rotatable bonds is 18. The van der Waals surface area contributed by atoms with Crippen LogP contribution in [-0.2, 0) is 9.53 Å². The lowest BCUT2D eigenvalue weighted by Crippen LogP contribution is -2.08. The summed E-state index contributed by atoms with van der Waals surface area (Å²) >= 11 is 0. The molecule has 1 unspecified atom stereocenters. The Hall–Kier alpha value is -2.62. The molecule has 0 N–H and O–H groups in total. The molecule has 36 heavy (non-hydrogen) atoms. The van der Waals surface area contributed by atoms with Crippen molar-refractivity contribution < 1.29 is 19.1 Å². The molecule has 4 nitrogen and oxygen atoms in total. The predicted molar refractivity (Wildman–Crippen MR) is 148 cm³/mol. The third kappa shape index (κ3) is 11.9. The summed E-state index contributed by atoms with van der Waals surface area (Å²) < 4.78 is 10.9. The highest BCUT2D eigenvalue weighted by molar-refractivity contribution is 5.90. The third-order valence-electron chi connectivity index (χ3n) is 6.82. The fourth-order valence-electron chi connectivity index (χ4n) is 4.09. The number of ether oxygens (including phenoxy) is 2. The minimum atomic E-state index is -0.283. The van der Waals surface area contributed by atoms with E-state index in [4.69, 9.17) is 9.47 Å². The summed E-state index contributed by atoms with van der Waals surface area (Å²) in [5, 5.41) is 0. The number of carbonyl (C=O) groups excluding carboxylic acids is 2. The molecule has 0 saturated carbocycles. The molecule has 0 aliphatic rings. The lowest BCUT2D eigenvalue weighted by atomic mass is 10.0. The first kappa shape index (κ1) is 29.6. The number of carbonyl (C=O) groups is 2. The fourth-order valence-corrected chi connectivity index (χ4v) is 4.09. The highest BCUT2D eigenvalue weighted by Gasteiger charge is 2.09. The van der Waals surface area contributed by atoms with E-state index in [9.17, 15) is 9.59 Å². The number of hydrogen-bond acceptors (Lipinski definition) is 4. The SMILES string of the molecule is CCCCCCCCCCCCC(=O)Oc1ccc(-c2ccc(C(=O)OCCC(C)CC)cc2)cc1. The summed E-state index contributed by atoms with van der Waals surface area (Å²) in [5.74, 6) is 0.674. The fraction of sp³-hybridized carbons (Fsp3) is 0.562.